The number of ether oxygens (including phenoxy) is 1. The van der Waals surface area contributed by atoms with Crippen molar-refractivity contribution in [3.63, 3.8) is 0 Å². The Morgan fingerprint density at radius 3 is 2.64 bits per heavy atom. The molecule has 3 aromatic carbocycles. The third-order valence-corrected chi connectivity index (χ3v) is 7.04. The lowest BCUT2D eigenvalue weighted by Gasteiger charge is -2.25. The normalized spacial score (nSPS) is 15.5. The van der Waals surface area contributed by atoms with Crippen LogP contribution in [-0.2, 0) is 9.53 Å². The minimum Gasteiger partial charge on any atom is -0.463 e. The Labute approximate surface area is 209 Å². The van der Waals surface area contributed by atoms with Crippen molar-refractivity contribution in [2.75, 3.05) is 6.61 Å². The number of rotatable bonds is 5. The van der Waals surface area contributed by atoms with Crippen LogP contribution in [0, 0.1) is 10.1 Å². The van der Waals surface area contributed by atoms with Gasteiger partial charge in [0.1, 0.15) is 0 Å². The highest BCUT2D eigenvalue weighted by Crippen LogP contribution is 2.34. The van der Waals surface area contributed by atoms with Gasteiger partial charge in [-0.15, -0.1) is 0 Å². The third kappa shape index (κ3) is 3.93. The van der Waals surface area contributed by atoms with Gasteiger partial charge in [0, 0.05) is 6.07 Å². The summed E-state index contributed by atoms with van der Waals surface area (Å²) in [5.74, 6) is -0.537. The third-order valence-electron chi connectivity index (χ3n) is 6.06. The molecule has 0 fully saturated rings. The molecule has 180 valence electrons. The van der Waals surface area contributed by atoms with Gasteiger partial charge in [0.25, 0.3) is 11.2 Å². The minimum atomic E-state index is -0.765. The molecule has 2 heterocycles. The van der Waals surface area contributed by atoms with E-state index in [9.17, 15) is 19.7 Å². The molecule has 4 aromatic rings. The van der Waals surface area contributed by atoms with Gasteiger partial charge in [-0.05, 0) is 42.3 Å². The topological polar surface area (TPSA) is 104 Å². The molecule has 0 radical (unpaired) electrons. The summed E-state index contributed by atoms with van der Waals surface area (Å²) in [5, 5.41) is 13.4. The summed E-state index contributed by atoms with van der Waals surface area (Å²) in [6.45, 7) is 3.63. The van der Waals surface area contributed by atoms with Gasteiger partial charge in [-0.25, -0.2) is 9.79 Å². The van der Waals surface area contributed by atoms with E-state index in [1.54, 1.807) is 32.0 Å². The van der Waals surface area contributed by atoms with Gasteiger partial charge >= 0.3 is 5.97 Å². The highest BCUT2D eigenvalue weighted by Gasteiger charge is 2.34. The van der Waals surface area contributed by atoms with Crippen LogP contribution in [0.5, 0.6) is 0 Å². The number of allylic oxidation sites excluding steroid dienone is 1. The lowest BCUT2D eigenvalue weighted by Crippen LogP contribution is -2.40. The molecule has 0 N–H and O–H groups in total. The summed E-state index contributed by atoms with van der Waals surface area (Å²) in [7, 11) is 0. The van der Waals surface area contributed by atoms with Crippen LogP contribution in [-0.4, -0.2) is 22.1 Å². The van der Waals surface area contributed by atoms with Crippen LogP contribution in [0.3, 0.4) is 0 Å². The van der Waals surface area contributed by atoms with E-state index in [2.05, 4.69) is 4.99 Å². The lowest BCUT2D eigenvalue weighted by molar-refractivity contribution is -0.385. The van der Waals surface area contributed by atoms with Crippen molar-refractivity contribution >= 4 is 39.8 Å². The number of nitro groups is 1. The molecule has 1 atom stereocenters. The zero-order valence-corrected chi connectivity index (χ0v) is 20.3. The number of esters is 1. The molecular formula is C27H21N3O5S. The van der Waals surface area contributed by atoms with Crippen LogP contribution in [0.1, 0.15) is 31.0 Å². The highest BCUT2D eigenvalue weighted by atomic mass is 32.1. The molecule has 0 unspecified atom stereocenters. The number of benzene rings is 3. The average molecular weight is 500 g/mol. The summed E-state index contributed by atoms with van der Waals surface area (Å²) in [6.07, 6.45) is 1.51. The molecule has 0 saturated heterocycles. The Balaban J connectivity index is 1.81. The largest absolute Gasteiger partial charge is 0.463 e. The van der Waals surface area contributed by atoms with E-state index in [1.807, 2.05) is 42.5 Å². The molecule has 9 heteroatoms. The van der Waals surface area contributed by atoms with Crippen LogP contribution in [0.4, 0.5) is 5.69 Å². The minimum absolute atomic E-state index is 0.0997. The predicted octanol–water partition coefficient (Wildman–Crippen LogP) is 3.86. The number of hydrogen-bond donors (Lipinski definition) is 0. The second-order valence-corrected chi connectivity index (χ2v) is 9.20. The molecule has 0 saturated carbocycles. The Kier molecular flexibility index (Phi) is 6.07. The number of para-hydroxylation sites is 1. The number of thiazole rings is 1. The van der Waals surface area contributed by atoms with Crippen molar-refractivity contribution in [1.29, 1.82) is 0 Å². The Bertz CT molecular complexity index is 1740. The van der Waals surface area contributed by atoms with Crippen molar-refractivity contribution in [2.24, 2.45) is 4.99 Å². The van der Waals surface area contributed by atoms with Crippen molar-refractivity contribution in [3.8, 4) is 0 Å². The summed E-state index contributed by atoms with van der Waals surface area (Å²) < 4.78 is 7.14. The van der Waals surface area contributed by atoms with E-state index in [0.717, 1.165) is 27.7 Å². The number of fused-ring (bicyclic) bond motifs is 2. The van der Waals surface area contributed by atoms with Crippen LogP contribution >= 0.6 is 11.3 Å². The number of carbonyl (C=O) groups excluding carboxylic acids is 1. The summed E-state index contributed by atoms with van der Waals surface area (Å²) in [4.78, 5) is 42.9. The molecule has 1 aliphatic heterocycles. The van der Waals surface area contributed by atoms with Crippen LogP contribution < -0.4 is 14.9 Å². The van der Waals surface area contributed by atoms with E-state index in [-0.39, 0.29) is 28.0 Å². The maximum Gasteiger partial charge on any atom is 0.338 e. The molecule has 1 aliphatic rings. The molecule has 8 nitrogen and oxygen atoms in total. The molecule has 36 heavy (non-hydrogen) atoms. The lowest BCUT2D eigenvalue weighted by atomic mass is 9.91. The number of nitrogens with zero attached hydrogens (tertiary/aromatic N) is 3. The van der Waals surface area contributed by atoms with E-state index in [0.29, 0.717) is 16.1 Å². The first-order valence-corrected chi connectivity index (χ1v) is 12.1. The summed E-state index contributed by atoms with van der Waals surface area (Å²) in [6, 6.07) is 19.0. The zero-order valence-electron chi connectivity index (χ0n) is 19.5. The van der Waals surface area contributed by atoms with Crippen molar-refractivity contribution in [1.82, 2.24) is 4.57 Å². The molecule has 1 aromatic heterocycles. The first-order chi connectivity index (χ1) is 17.4. The van der Waals surface area contributed by atoms with E-state index in [1.165, 1.54) is 16.7 Å². The first-order valence-electron chi connectivity index (χ1n) is 11.3. The number of hydrogen-bond acceptors (Lipinski definition) is 7. The van der Waals surface area contributed by atoms with Crippen molar-refractivity contribution in [2.45, 2.75) is 19.9 Å². The molecule has 0 bridgehead atoms. The Morgan fingerprint density at radius 1 is 1.14 bits per heavy atom. The fraction of sp³-hybridized carbons (Fsp3) is 0.148. The van der Waals surface area contributed by atoms with Gasteiger partial charge in [0.2, 0.25) is 0 Å². The average Bonchev–Trinajstić information content (AvgIpc) is 3.17. The van der Waals surface area contributed by atoms with Gasteiger partial charge in [0.15, 0.2) is 4.80 Å². The second kappa shape index (κ2) is 9.35. The summed E-state index contributed by atoms with van der Waals surface area (Å²) >= 11 is 1.13. The molecule has 0 amide bonds. The van der Waals surface area contributed by atoms with E-state index in [4.69, 9.17) is 4.74 Å². The van der Waals surface area contributed by atoms with Gasteiger partial charge in [-0.2, -0.15) is 0 Å². The Morgan fingerprint density at radius 2 is 1.86 bits per heavy atom. The standard InChI is InChI=1S/C27H21N3O5S/c1-3-35-26(32)23-16(2)28-27-29(24(23)20-13-8-11-17-9-4-6-12-19(17)20)25(31)22(36-27)15-18-10-5-7-14-21(18)30(33)34/h4-15,24H,3H2,1-2H3/b22-15+/t24-/m1/s1. The van der Waals surface area contributed by atoms with Crippen molar-refractivity contribution in [3.05, 3.63) is 119 Å². The quantitative estimate of drug-likeness (QED) is 0.236. The van der Waals surface area contributed by atoms with Gasteiger partial charge in [-0.1, -0.05) is 65.9 Å². The maximum atomic E-state index is 13.8. The number of carbonyl (C=O) groups is 1. The SMILES string of the molecule is CCOC(=O)C1=C(C)N=c2s/c(=C/c3ccccc3[N+](=O)[O-])c(=O)n2[C@@H]1c1cccc2ccccc12. The van der Waals surface area contributed by atoms with Crippen molar-refractivity contribution < 1.29 is 14.5 Å². The zero-order chi connectivity index (χ0) is 25.4. The fourth-order valence-electron chi connectivity index (χ4n) is 4.49. The predicted molar refractivity (Wildman–Crippen MR) is 137 cm³/mol. The molecule has 0 aliphatic carbocycles. The van der Waals surface area contributed by atoms with E-state index >= 15 is 0 Å². The number of aromatic nitrogens is 1. The van der Waals surface area contributed by atoms with Crippen LogP contribution in [0.2, 0.25) is 0 Å². The first kappa shape index (κ1) is 23.4. The van der Waals surface area contributed by atoms with Gasteiger partial charge < -0.3 is 4.74 Å². The molecular weight excluding hydrogens is 478 g/mol. The van der Waals surface area contributed by atoms with Gasteiger partial charge in [-0.3, -0.25) is 19.5 Å². The molecule has 0 spiro atoms. The maximum absolute atomic E-state index is 13.8. The Hall–Kier alpha value is -4.37. The van der Waals surface area contributed by atoms with Gasteiger partial charge in [0.05, 0.1) is 38.9 Å². The summed E-state index contributed by atoms with van der Waals surface area (Å²) in [5.41, 5.74) is 1.35. The fourth-order valence-corrected chi connectivity index (χ4v) is 5.53. The second-order valence-electron chi connectivity index (χ2n) is 8.19. The number of nitro benzene ring substituents is 1. The smallest absolute Gasteiger partial charge is 0.338 e. The monoisotopic (exact) mass is 499 g/mol. The van der Waals surface area contributed by atoms with Crippen LogP contribution in [0.15, 0.2) is 87.8 Å². The van der Waals surface area contributed by atoms with E-state index < -0.39 is 16.9 Å². The van der Waals surface area contributed by atoms with Crippen LogP contribution in [0.25, 0.3) is 16.8 Å². The highest BCUT2D eigenvalue weighted by molar-refractivity contribution is 7.07. The molecule has 5 rings (SSSR count).